The van der Waals surface area contributed by atoms with Crippen molar-refractivity contribution in [1.29, 1.82) is 0 Å². The summed E-state index contributed by atoms with van der Waals surface area (Å²) in [6.45, 7) is 2.08. The van der Waals surface area contributed by atoms with E-state index in [1.807, 2.05) is 24.3 Å². The maximum atomic E-state index is 12.2. The summed E-state index contributed by atoms with van der Waals surface area (Å²) in [5.74, 6) is 2.22. The molecule has 23 heavy (non-hydrogen) atoms. The second kappa shape index (κ2) is 5.83. The molecule has 4 atom stereocenters. The third kappa shape index (κ3) is 2.78. The molecule has 0 saturated heterocycles. The van der Waals surface area contributed by atoms with Crippen molar-refractivity contribution in [3.63, 3.8) is 0 Å². The zero-order valence-corrected chi connectivity index (χ0v) is 13.3. The summed E-state index contributed by atoms with van der Waals surface area (Å²) in [5, 5.41) is 11.0. The van der Waals surface area contributed by atoms with E-state index < -0.39 is 0 Å². The van der Waals surface area contributed by atoms with Crippen molar-refractivity contribution < 1.29 is 9.63 Å². The van der Waals surface area contributed by atoms with Gasteiger partial charge in [-0.2, -0.15) is 0 Å². The van der Waals surface area contributed by atoms with E-state index in [0.29, 0.717) is 5.92 Å². The molecule has 1 N–H and O–H groups in total. The molecular formula is C17H22N4O2. The lowest BCUT2D eigenvalue weighted by atomic mass is 9.84. The second-order valence-corrected chi connectivity index (χ2v) is 6.92. The molecule has 0 unspecified atom stereocenters. The number of carbonyl (C=O) groups excluding carboxylic acids is 1. The van der Waals surface area contributed by atoms with Crippen molar-refractivity contribution >= 4 is 16.9 Å². The average Bonchev–Trinajstić information content (AvgIpc) is 3.28. The molecule has 2 fully saturated rings. The third-order valence-corrected chi connectivity index (χ3v) is 5.46. The zero-order chi connectivity index (χ0) is 15.8. The highest BCUT2D eigenvalue weighted by atomic mass is 16.7. The molecule has 1 aromatic heterocycles. The molecule has 6 nitrogen and oxygen atoms in total. The highest BCUT2D eigenvalue weighted by molar-refractivity contribution is 5.78. The monoisotopic (exact) mass is 314 g/mol. The fourth-order valence-corrected chi connectivity index (χ4v) is 4.37. The van der Waals surface area contributed by atoms with Crippen LogP contribution >= 0.6 is 0 Å². The molecule has 1 amide bonds. The van der Waals surface area contributed by atoms with Crippen molar-refractivity contribution in [2.75, 3.05) is 6.61 Å². The number of aromatic nitrogens is 3. The fraction of sp³-hybridized carbons (Fsp3) is 0.588. The molecule has 2 aromatic rings. The van der Waals surface area contributed by atoms with Crippen LogP contribution in [0.3, 0.4) is 0 Å². The standard InChI is InChI=1S/C17H22N4O2/c1-11(14-9-12-6-7-13(14)8-12)18-17(22)10-23-21-16-5-3-2-4-15(16)19-20-21/h2-5,11-14H,6-10H2,1H3,(H,18,22)/t11-,12+,13-,14+/m0/s1. The minimum Gasteiger partial charge on any atom is -0.385 e. The summed E-state index contributed by atoms with van der Waals surface area (Å²) in [6, 6.07) is 7.73. The van der Waals surface area contributed by atoms with Crippen LogP contribution in [0.15, 0.2) is 24.3 Å². The Bertz CT molecular complexity index is 713. The third-order valence-electron chi connectivity index (χ3n) is 5.46. The molecule has 2 aliphatic carbocycles. The maximum absolute atomic E-state index is 12.2. The van der Waals surface area contributed by atoms with Gasteiger partial charge < -0.3 is 10.2 Å². The minimum atomic E-state index is -0.0974. The van der Waals surface area contributed by atoms with Crippen LogP contribution in [0, 0.1) is 17.8 Å². The van der Waals surface area contributed by atoms with Gasteiger partial charge in [0.25, 0.3) is 5.91 Å². The normalized spacial score (nSPS) is 27.3. The number of rotatable bonds is 5. The average molecular weight is 314 g/mol. The topological polar surface area (TPSA) is 69.0 Å². The summed E-state index contributed by atoms with van der Waals surface area (Å²) in [6.07, 6.45) is 5.33. The van der Waals surface area contributed by atoms with E-state index in [9.17, 15) is 4.79 Å². The maximum Gasteiger partial charge on any atom is 0.260 e. The second-order valence-electron chi connectivity index (χ2n) is 6.92. The van der Waals surface area contributed by atoms with E-state index in [0.717, 1.165) is 22.9 Å². The Labute approximate surface area is 135 Å². The number of nitrogens with one attached hydrogen (secondary N) is 1. The van der Waals surface area contributed by atoms with Crippen LogP contribution in [0.2, 0.25) is 0 Å². The summed E-state index contributed by atoms with van der Waals surface area (Å²) < 4.78 is 0. The summed E-state index contributed by atoms with van der Waals surface area (Å²) in [7, 11) is 0. The van der Waals surface area contributed by atoms with Crippen LogP contribution in [0.4, 0.5) is 0 Å². The Balaban J connectivity index is 1.32. The predicted molar refractivity (Wildman–Crippen MR) is 85.5 cm³/mol. The highest BCUT2D eigenvalue weighted by Crippen LogP contribution is 2.49. The van der Waals surface area contributed by atoms with Gasteiger partial charge in [0.2, 0.25) is 0 Å². The SMILES string of the molecule is C[C@H](NC(=O)COn1nnc2ccccc21)[C@H]1C[C@@H]2CC[C@H]1C2. The Kier molecular flexibility index (Phi) is 3.67. The van der Waals surface area contributed by atoms with Gasteiger partial charge in [0, 0.05) is 6.04 Å². The number of carbonyl (C=O) groups is 1. The molecule has 1 aromatic carbocycles. The Morgan fingerprint density at radius 1 is 1.39 bits per heavy atom. The largest absolute Gasteiger partial charge is 0.385 e. The summed E-state index contributed by atoms with van der Waals surface area (Å²) >= 11 is 0. The zero-order valence-electron chi connectivity index (χ0n) is 13.3. The number of amides is 1. The van der Waals surface area contributed by atoms with Crippen LogP contribution < -0.4 is 10.2 Å². The van der Waals surface area contributed by atoms with E-state index in [-0.39, 0.29) is 18.6 Å². The molecule has 0 aliphatic heterocycles. The number of para-hydroxylation sites is 1. The van der Waals surface area contributed by atoms with Gasteiger partial charge in [-0.05, 0) is 61.3 Å². The number of nitrogens with zero attached hydrogens (tertiary/aromatic N) is 3. The van der Waals surface area contributed by atoms with Crippen molar-refractivity contribution in [1.82, 2.24) is 20.5 Å². The van der Waals surface area contributed by atoms with Crippen molar-refractivity contribution in [3.8, 4) is 0 Å². The van der Waals surface area contributed by atoms with Gasteiger partial charge in [-0.25, -0.2) is 0 Å². The molecule has 0 radical (unpaired) electrons. The van der Waals surface area contributed by atoms with E-state index in [1.54, 1.807) is 0 Å². The number of hydrogen-bond acceptors (Lipinski definition) is 4. The first-order chi connectivity index (χ1) is 11.2. The first-order valence-corrected chi connectivity index (χ1v) is 8.44. The van der Waals surface area contributed by atoms with Gasteiger partial charge in [0.1, 0.15) is 11.0 Å². The van der Waals surface area contributed by atoms with Crippen molar-refractivity contribution in [2.24, 2.45) is 17.8 Å². The van der Waals surface area contributed by atoms with Crippen LogP contribution in [0.25, 0.3) is 11.0 Å². The minimum absolute atomic E-state index is 0.0431. The van der Waals surface area contributed by atoms with Gasteiger partial charge in [-0.3, -0.25) is 4.79 Å². The number of hydrogen-bond donors (Lipinski definition) is 1. The predicted octanol–water partition coefficient (Wildman–Crippen LogP) is 1.80. The summed E-state index contributed by atoms with van der Waals surface area (Å²) in [4.78, 5) is 18.9. The summed E-state index contributed by atoms with van der Waals surface area (Å²) in [5.41, 5.74) is 1.52. The van der Waals surface area contributed by atoms with Crippen molar-refractivity contribution in [2.45, 2.75) is 38.6 Å². The quantitative estimate of drug-likeness (QED) is 0.914. The van der Waals surface area contributed by atoms with E-state index in [2.05, 4.69) is 22.6 Å². The van der Waals surface area contributed by atoms with Gasteiger partial charge in [-0.1, -0.05) is 23.4 Å². The van der Waals surface area contributed by atoms with Crippen LogP contribution in [-0.2, 0) is 4.79 Å². The highest BCUT2D eigenvalue weighted by Gasteiger charge is 2.42. The molecule has 2 saturated carbocycles. The molecule has 4 rings (SSSR count). The van der Waals surface area contributed by atoms with E-state index >= 15 is 0 Å². The molecule has 2 aliphatic rings. The van der Waals surface area contributed by atoms with E-state index in [4.69, 9.17) is 4.84 Å². The molecule has 2 bridgehead atoms. The van der Waals surface area contributed by atoms with Gasteiger partial charge in [0.15, 0.2) is 6.61 Å². The first kappa shape index (κ1) is 14.5. The molecule has 0 spiro atoms. The number of fused-ring (bicyclic) bond motifs is 3. The Hall–Kier alpha value is -2.11. The number of benzene rings is 1. The molecule has 6 heteroatoms. The van der Waals surface area contributed by atoms with Gasteiger partial charge in [0.05, 0.1) is 0 Å². The fourth-order valence-electron chi connectivity index (χ4n) is 4.37. The van der Waals surface area contributed by atoms with Crippen LogP contribution in [0.5, 0.6) is 0 Å². The Morgan fingerprint density at radius 3 is 3.04 bits per heavy atom. The first-order valence-electron chi connectivity index (χ1n) is 8.44. The van der Waals surface area contributed by atoms with E-state index in [1.165, 1.54) is 30.5 Å². The molecule has 122 valence electrons. The van der Waals surface area contributed by atoms with Gasteiger partial charge >= 0.3 is 0 Å². The van der Waals surface area contributed by atoms with Crippen molar-refractivity contribution in [3.05, 3.63) is 24.3 Å². The van der Waals surface area contributed by atoms with Crippen LogP contribution in [-0.4, -0.2) is 33.7 Å². The molecular weight excluding hydrogens is 292 g/mol. The smallest absolute Gasteiger partial charge is 0.260 e. The van der Waals surface area contributed by atoms with Gasteiger partial charge in [-0.15, -0.1) is 5.10 Å². The lowest BCUT2D eigenvalue weighted by Gasteiger charge is -2.28. The lowest BCUT2D eigenvalue weighted by Crippen LogP contribution is -2.43. The molecule has 1 heterocycles. The Morgan fingerprint density at radius 2 is 2.26 bits per heavy atom. The van der Waals surface area contributed by atoms with Crippen LogP contribution in [0.1, 0.15) is 32.6 Å². The lowest BCUT2D eigenvalue weighted by molar-refractivity contribution is -0.127.